The Morgan fingerprint density at radius 3 is 2.77 bits per heavy atom. The van der Waals surface area contributed by atoms with Crippen LogP contribution in [0.1, 0.15) is 12.8 Å². The molecule has 1 fully saturated rings. The van der Waals surface area contributed by atoms with E-state index < -0.39 is 0 Å². The van der Waals surface area contributed by atoms with Gasteiger partial charge in [-0.2, -0.15) is 0 Å². The van der Waals surface area contributed by atoms with Crippen LogP contribution in [0.3, 0.4) is 0 Å². The maximum atomic E-state index is 13.6. The zero-order chi connectivity index (χ0) is 18.2. The Morgan fingerprint density at radius 2 is 2.08 bits per heavy atom. The molecule has 1 aliphatic rings. The van der Waals surface area contributed by atoms with Gasteiger partial charge in [0.15, 0.2) is 5.96 Å². The van der Waals surface area contributed by atoms with Gasteiger partial charge in [0.1, 0.15) is 5.82 Å². The number of halogens is 1. The molecule has 2 aromatic rings. The van der Waals surface area contributed by atoms with E-state index in [1.807, 2.05) is 12.1 Å². The van der Waals surface area contributed by atoms with Crippen molar-refractivity contribution in [2.24, 2.45) is 4.99 Å². The van der Waals surface area contributed by atoms with Crippen molar-refractivity contribution in [2.45, 2.75) is 23.8 Å². The Balaban J connectivity index is 1.37. The number of hydrogen-bond acceptors (Lipinski definition) is 4. The minimum atomic E-state index is -0.155. The monoisotopic (exact) mass is 392 g/mol. The van der Waals surface area contributed by atoms with Gasteiger partial charge in [0.2, 0.25) is 0 Å². The van der Waals surface area contributed by atoms with E-state index in [9.17, 15) is 4.39 Å². The number of hydrogen-bond donors (Lipinski definition) is 2. The van der Waals surface area contributed by atoms with E-state index in [4.69, 9.17) is 0 Å². The van der Waals surface area contributed by atoms with E-state index in [0.717, 1.165) is 44.2 Å². The Kier molecular flexibility index (Phi) is 7.20. The lowest BCUT2D eigenvalue weighted by Gasteiger charge is -2.33. The van der Waals surface area contributed by atoms with E-state index in [0.29, 0.717) is 10.9 Å². The third-order valence-corrected chi connectivity index (χ3v) is 6.35. The average molecular weight is 393 g/mol. The van der Waals surface area contributed by atoms with E-state index in [1.54, 1.807) is 24.5 Å². The molecule has 0 atom stereocenters. The highest BCUT2D eigenvalue weighted by molar-refractivity contribution is 7.99. The fourth-order valence-corrected chi connectivity index (χ4v) is 4.56. The zero-order valence-electron chi connectivity index (χ0n) is 15.0. The predicted octanol–water partition coefficient (Wildman–Crippen LogP) is 3.81. The molecule has 1 saturated heterocycles. The number of piperidine rings is 1. The number of benzene rings is 1. The first-order chi connectivity index (χ1) is 12.8. The number of nitrogens with one attached hydrogen (secondary N) is 2. The maximum absolute atomic E-state index is 13.6. The number of aliphatic imine (C=N–C) groups is 1. The summed E-state index contributed by atoms with van der Waals surface area (Å²) in [5, 5.41) is 10.3. The van der Waals surface area contributed by atoms with E-state index in [1.165, 1.54) is 22.8 Å². The molecular weight excluding hydrogens is 367 g/mol. The summed E-state index contributed by atoms with van der Waals surface area (Å²) >= 11 is 3.32. The van der Waals surface area contributed by atoms with Crippen molar-refractivity contribution < 1.29 is 4.39 Å². The summed E-state index contributed by atoms with van der Waals surface area (Å²) in [6, 6.07) is 11.6. The quantitative estimate of drug-likeness (QED) is 0.339. The molecule has 0 radical (unpaired) electrons. The first-order valence-electron chi connectivity index (χ1n) is 8.89. The average Bonchev–Trinajstić information content (AvgIpc) is 3.21. The highest BCUT2D eigenvalue weighted by Gasteiger charge is 2.20. The molecule has 0 amide bonds. The van der Waals surface area contributed by atoms with Gasteiger partial charge in [-0.15, -0.1) is 23.1 Å². The molecule has 2 N–H and O–H groups in total. The smallest absolute Gasteiger partial charge is 0.191 e. The molecule has 0 spiro atoms. The SMILES string of the molecule is CN=C(NCCSc1ccccc1F)NC1CCN(c2cccs2)CC1. The number of thiophene rings is 1. The molecule has 3 rings (SSSR count). The van der Waals surface area contributed by atoms with Crippen LogP contribution >= 0.6 is 23.1 Å². The van der Waals surface area contributed by atoms with Crippen LogP contribution in [0.25, 0.3) is 0 Å². The molecular formula is C19H25FN4S2. The number of rotatable bonds is 6. The molecule has 0 aliphatic carbocycles. The Hall–Kier alpha value is -1.73. The topological polar surface area (TPSA) is 39.7 Å². The van der Waals surface area contributed by atoms with Crippen molar-refractivity contribution >= 4 is 34.1 Å². The van der Waals surface area contributed by atoms with Crippen molar-refractivity contribution in [3.8, 4) is 0 Å². The summed E-state index contributed by atoms with van der Waals surface area (Å²) < 4.78 is 13.6. The highest BCUT2D eigenvalue weighted by Crippen LogP contribution is 2.24. The molecule has 0 saturated carbocycles. The Bertz CT molecular complexity index is 697. The van der Waals surface area contributed by atoms with Crippen molar-refractivity contribution in [3.05, 3.63) is 47.6 Å². The van der Waals surface area contributed by atoms with Crippen molar-refractivity contribution in [3.63, 3.8) is 0 Å². The normalized spacial score (nSPS) is 15.9. The fraction of sp³-hybridized carbons (Fsp3) is 0.421. The third-order valence-electron chi connectivity index (χ3n) is 4.37. The Morgan fingerprint density at radius 1 is 1.27 bits per heavy atom. The van der Waals surface area contributed by atoms with Crippen LogP contribution in [0.2, 0.25) is 0 Å². The van der Waals surface area contributed by atoms with Crippen LogP contribution in [-0.4, -0.2) is 44.4 Å². The van der Waals surface area contributed by atoms with Gasteiger partial charge in [-0.1, -0.05) is 12.1 Å². The summed E-state index contributed by atoms with van der Waals surface area (Å²) in [7, 11) is 1.79. The largest absolute Gasteiger partial charge is 0.363 e. The van der Waals surface area contributed by atoms with Crippen molar-refractivity contribution in [1.82, 2.24) is 10.6 Å². The number of anilines is 1. The van der Waals surface area contributed by atoms with Crippen LogP contribution in [-0.2, 0) is 0 Å². The predicted molar refractivity (Wildman–Crippen MR) is 111 cm³/mol. The number of nitrogens with zero attached hydrogens (tertiary/aromatic N) is 2. The number of guanidine groups is 1. The highest BCUT2D eigenvalue weighted by atomic mass is 32.2. The van der Waals surface area contributed by atoms with Gasteiger partial charge in [0.25, 0.3) is 0 Å². The minimum Gasteiger partial charge on any atom is -0.363 e. The van der Waals surface area contributed by atoms with Gasteiger partial charge in [0, 0.05) is 43.4 Å². The van der Waals surface area contributed by atoms with Gasteiger partial charge in [-0.3, -0.25) is 4.99 Å². The van der Waals surface area contributed by atoms with Gasteiger partial charge in [0.05, 0.1) is 5.00 Å². The molecule has 1 aromatic carbocycles. The van der Waals surface area contributed by atoms with Crippen molar-refractivity contribution in [2.75, 3.05) is 37.3 Å². The lowest BCUT2D eigenvalue weighted by Crippen LogP contribution is -2.49. The summed E-state index contributed by atoms with van der Waals surface area (Å²) in [5.41, 5.74) is 0. The lowest BCUT2D eigenvalue weighted by molar-refractivity contribution is 0.463. The molecule has 26 heavy (non-hydrogen) atoms. The van der Waals surface area contributed by atoms with Crippen LogP contribution in [0.15, 0.2) is 51.7 Å². The number of thioether (sulfide) groups is 1. The summed E-state index contributed by atoms with van der Waals surface area (Å²) in [6.45, 7) is 2.88. The second kappa shape index (κ2) is 9.83. The zero-order valence-corrected chi connectivity index (χ0v) is 16.6. The molecule has 1 aliphatic heterocycles. The van der Waals surface area contributed by atoms with Gasteiger partial charge in [-0.05, 0) is 42.5 Å². The van der Waals surface area contributed by atoms with Crippen LogP contribution in [0, 0.1) is 5.82 Å². The first-order valence-corrected chi connectivity index (χ1v) is 10.8. The molecule has 0 unspecified atom stereocenters. The van der Waals surface area contributed by atoms with Crippen LogP contribution < -0.4 is 15.5 Å². The molecule has 2 heterocycles. The van der Waals surface area contributed by atoms with Gasteiger partial charge >= 0.3 is 0 Å². The van der Waals surface area contributed by atoms with Gasteiger partial charge < -0.3 is 15.5 Å². The van der Waals surface area contributed by atoms with E-state index in [-0.39, 0.29) is 5.82 Å². The van der Waals surface area contributed by atoms with E-state index >= 15 is 0 Å². The third kappa shape index (κ3) is 5.38. The van der Waals surface area contributed by atoms with Gasteiger partial charge in [-0.25, -0.2) is 4.39 Å². The first kappa shape index (κ1) is 19.0. The van der Waals surface area contributed by atoms with Crippen molar-refractivity contribution in [1.29, 1.82) is 0 Å². The second-order valence-electron chi connectivity index (χ2n) is 6.13. The molecule has 140 valence electrons. The summed E-state index contributed by atoms with van der Waals surface area (Å²) in [5.74, 6) is 1.46. The summed E-state index contributed by atoms with van der Waals surface area (Å²) in [4.78, 5) is 7.45. The van der Waals surface area contributed by atoms with Crippen LogP contribution in [0.5, 0.6) is 0 Å². The summed E-state index contributed by atoms with van der Waals surface area (Å²) in [6.07, 6.45) is 2.20. The molecule has 4 nitrogen and oxygen atoms in total. The molecule has 1 aromatic heterocycles. The molecule has 7 heteroatoms. The second-order valence-corrected chi connectivity index (χ2v) is 8.20. The van der Waals surface area contributed by atoms with E-state index in [2.05, 4.69) is 38.0 Å². The Labute approximate surface area is 162 Å². The maximum Gasteiger partial charge on any atom is 0.191 e. The minimum absolute atomic E-state index is 0.155. The fourth-order valence-electron chi connectivity index (χ4n) is 2.97. The standard InChI is InChI=1S/C19H25FN4S2/c1-21-19(22-10-14-25-17-6-3-2-5-16(17)20)23-15-8-11-24(12-9-15)18-7-4-13-26-18/h2-7,13,15H,8-12,14H2,1H3,(H2,21,22,23). The van der Waals surface area contributed by atoms with Crippen LogP contribution in [0.4, 0.5) is 9.39 Å². The lowest BCUT2D eigenvalue weighted by atomic mass is 10.1. The molecule has 0 bridgehead atoms.